The molecule has 1 aliphatic heterocycles. The highest BCUT2D eigenvalue weighted by molar-refractivity contribution is 6.01. The van der Waals surface area contributed by atoms with Gasteiger partial charge < -0.3 is 25.9 Å². The highest BCUT2D eigenvalue weighted by Gasteiger charge is 2.34. The molecule has 1 amide bonds. The zero-order chi connectivity index (χ0) is 14.9. The van der Waals surface area contributed by atoms with E-state index in [1.54, 1.807) is 12.1 Å². The fourth-order valence-corrected chi connectivity index (χ4v) is 2.69. The first-order chi connectivity index (χ1) is 10.1. The number of fused-ring (bicyclic) bond motifs is 1. The lowest BCUT2D eigenvalue weighted by Gasteiger charge is -2.36. The molecule has 1 fully saturated rings. The molecule has 2 aromatic rings. The lowest BCUT2D eigenvalue weighted by molar-refractivity contribution is 0.0124. The van der Waals surface area contributed by atoms with E-state index in [9.17, 15) is 9.90 Å². The number of aliphatic hydroxyl groups is 1. The first-order valence-corrected chi connectivity index (χ1v) is 7.02. The fraction of sp³-hybridized carbons (Fsp3) is 0.400. The van der Waals surface area contributed by atoms with Crippen molar-refractivity contribution in [2.24, 2.45) is 0 Å². The molecule has 0 aliphatic carbocycles. The average molecular weight is 289 g/mol. The summed E-state index contributed by atoms with van der Waals surface area (Å²) >= 11 is 0. The number of nitrogen functional groups attached to an aromatic ring is 1. The molecule has 0 atom stereocenters. The highest BCUT2D eigenvalue weighted by Crippen LogP contribution is 2.23. The minimum atomic E-state index is -0.599. The van der Waals surface area contributed by atoms with Gasteiger partial charge in [0, 0.05) is 18.6 Å². The van der Waals surface area contributed by atoms with Crippen LogP contribution < -0.4 is 11.1 Å². The van der Waals surface area contributed by atoms with E-state index < -0.39 is 5.54 Å². The van der Waals surface area contributed by atoms with Crippen LogP contribution in [0.15, 0.2) is 24.3 Å². The molecule has 0 saturated carbocycles. The van der Waals surface area contributed by atoms with Crippen molar-refractivity contribution < 1.29 is 14.6 Å². The fourth-order valence-electron chi connectivity index (χ4n) is 2.69. The van der Waals surface area contributed by atoms with Crippen molar-refractivity contribution in [1.82, 2.24) is 10.3 Å². The summed E-state index contributed by atoms with van der Waals surface area (Å²) in [5.74, 6) is -0.235. The van der Waals surface area contributed by atoms with Crippen molar-refractivity contribution >= 4 is 22.5 Å². The molecule has 0 bridgehead atoms. The SMILES string of the molecule is Nc1cccc2cc(C(=O)NC3(CO)CCOCC3)[nH]c12. The Morgan fingerprint density at radius 3 is 2.86 bits per heavy atom. The Balaban J connectivity index is 1.84. The minimum Gasteiger partial charge on any atom is -0.397 e. The van der Waals surface area contributed by atoms with Gasteiger partial charge in [-0.25, -0.2) is 0 Å². The number of anilines is 1. The number of nitrogens with one attached hydrogen (secondary N) is 2. The molecule has 5 N–H and O–H groups in total. The molecule has 0 unspecified atom stereocenters. The number of benzene rings is 1. The van der Waals surface area contributed by atoms with Crippen LogP contribution in [0.4, 0.5) is 5.69 Å². The second-order valence-electron chi connectivity index (χ2n) is 5.50. The first kappa shape index (κ1) is 13.9. The van der Waals surface area contributed by atoms with E-state index >= 15 is 0 Å². The lowest BCUT2D eigenvalue weighted by atomic mass is 9.91. The standard InChI is InChI=1S/C15H19N3O3/c16-11-3-1-2-10-8-12(17-13(10)11)14(20)18-15(9-19)4-6-21-7-5-15/h1-3,8,17,19H,4-7,9,16H2,(H,18,20). The monoisotopic (exact) mass is 289 g/mol. The summed E-state index contributed by atoms with van der Waals surface area (Å²) in [5, 5.41) is 13.5. The molecule has 1 aliphatic rings. The van der Waals surface area contributed by atoms with Gasteiger partial charge in [0.05, 0.1) is 23.3 Å². The number of aliphatic hydroxyl groups excluding tert-OH is 1. The smallest absolute Gasteiger partial charge is 0.268 e. The molecule has 1 aromatic carbocycles. The van der Waals surface area contributed by atoms with Gasteiger partial charge >= 0.3 is 0 Å². The number of rotatable bonds is 3. The molecule has 3 rings (SSSR count). The zero-order valence-electron chi connectivity index (χ0n) is 11.7. The number of H-pyrrole nitrogens is 1. The van der Waals surface area contributed by atoms with Crippen molar-refractivity contribution in [2.45, 2.75) is 18.4 Å². The van der Waals surface area contributed by atoms with Crippen molar-refractivity contribution in [3.05, 3.63) is 30.0 Å². The van der Waals surface area contributed by atoms with Gasteiger partial charge in [0.25, 0.3) is 5.91 Å². The average Bonchev–Trinajstić information content (AvgIpc) is 2.94. The lowest BCUT2D eigenvalue weighted by Crippen LogP contribution is -2.54. The van der Waals surface area contributed by atoms with E-state index in [1.807, 2.05) is 12.1 Å². The third-order valence-electron chi connectivity index (χ3n) is 4.06. The Morgan fingerprint density at radius 1 is 1.43 bits per heavy atom. The third kappa shape index (κ3) is 2.59. The van der Waals surface area contributed by atoms with E-state index in [4.69, 9.17) is 10.5 Å². The van der Waals surface area contributed by atoms with Crippen LogP contribution in [-0.4, -0.2) is 41.4 Å². The molecule has 112 valence electrons. The number of aromatic nitrogens is 1. The summed E-state index contributed by atoms with van der Waals surface area (Å²) in [6.45, 7) is 0.992. The molecule has 1 aromatic heterocycles. The maximum absolute atomic E-state index is 12.4. The number of aromatic amines is 1. The van der Waals surface area contributed by atoms with Crippen LogP contribution in [0.5, 0.6) is 0 Å². The minimum absolute atomic E-state index is 0.0928. The van der Waals surface area contributed by atoms with Crippen LogP contribution in [0, 0.1) is 0 Å². The van der Waals surface area contributed by atoms with Crippen molar-refractivity contribution in [3.8, 4) is 0 Å². The predicted octanol–water partition coefficient (Wildman–Crippen LogP) is 1.02. The van der Waals surface area contributed by atoms with Crippen molar-refractivity contribution in [1.29, 1.82) is 0 Å². The number of amides is 1. The van der Waals surface area contributed by atoms with E-state index in [0.717, 1.165) is 10.9 Å². The zero-order valence-corrected chi connectivity index (χ0v) is 11.7. The number of para-hydroxylation sites is 1. The summed E-state index contributed by atoms with van der Waals surface area (Å²) in [4.78, 5) is 15.5. The Morgan fingerprint density at radius 2 is 2.19 bits per heavy atom. The molecule has 0 spiro atoms. The van der Waals surface area contributed by atoms with Gasteiger partial charge in [-0.05, 0) is 25.0 Å². The number of carbonyl (C=O) groups excluding carboxylic acids is 1. The van der Waals surface area contributed by atoms with Crippen LogP contribution in [-0.2, 0) is 4.74 Å². The van der Waals surface area contributed by atoms with Crippen LogP contribution in [0.25, 0.3) is 10.9 Å². The second-order valence-corrected chi connectivity index (χ2v) is 5.50. The maximum Gasteiger partial charge on any atom is 0.268 e. The highest BCUT2D eigenvalue weighted by atomic mass is 16.5. The molecule has 2 heterocycles. The number of hydrogen-bond donors (Lipinski definition) is 4. The topological polar surface area (TPSA) is 100 Å². The van der Waals surface area contributed by atoms with E-state index in [-0.39, 0.29) is 12.5 Å². The molecule has 6 heteroatoms. The Labute approximate surface area is 122 Å². The number of carbonyl (C=O) groups is 1. The quantitative estimate of drug-likeness (QED) is 0.634. The van der Waals surface area contributed by atoms with Gasteiger partial charge in [0.1, 0.15) is 5.69 Å². The Hall–Kier alpha value is -2.05. The molecular formula is C15H19N3O3. The summed E-state index contributed by atoms with van der Waals surface area (Å²) in [7, 11) is 0. The Kier molecular flexibility index (Phi) is 3.57. The van der Waals surface area contributed by atoms with E-state index in [0.29, 0.717) is 37.4 Å². The normalized spacial score (nSPS) is 17.8. The molecule has 0 radical (unpaired) electrons. The summed E-state index contributed by atoms with van der Waals surface area (Å²) in [5.41, 5.74) is 7.10. The van der Waals surface area contributed by atoms with Crippen molar-refractivity contribution in [2.75, 3.05) is 25.6 Å². The summed E-state index contributed by atoms with van der Waals surface area (Å²) in [6, 6.07) is 7.30. The molecule has 6 nitrogen and oxygen atoms in total. The van der Waals surface area contributed by atoms with Gasteiger partial charge in [-0.1, -0.05) is 12.1 Å². The van der Waals surface area contributed by atoms with Crippen LogP contribution in [0.2, 0.25) is 0 Å². The maximum atomic E-state index is 12.4. The summed E-state index contributed by atoms with van der Waals surface area (Å²) < 4.78 is 5.29. The van der Waals surface area contributed by atoms with Crippen LogP contribution >= 0.6 is 0 Å². The first-order valence-electron chi connectivity index (χ1n) is 7.02. The van der Waals surface area contributed by atoms with Crippen LogP contribution in [0.3, 0.4) is 0 Å². The van der Waals surface area contributed by atoms with Gasteiger partial charge in [0.2, 0.25) is 0 Å². The third-order valence-corrected chi connectivity index (χ3v) is 4.06. The molecular weight excluding hydrogens is 270 g/mol. The van der Waals surface area contributed by atoms with Gasteiger partial charge in [-0.2, -0.15) is 0 Å². The number of hydrogen-bond acceptors (Lipinski definition) is 4. The van der Waals surface area contributed by atoms with Crippen LogP contribution in [0.1, 0.15) is 23.3 Å². The van der Waals surface area contributed by atoms with Crippen molar-refractivity contribution in [3.63, 3.8) is 0 Å². The van der Waals surface area contributed by atoms with Gasteiger partial charge in [-0.3, -0.25) is 4.79 Å². The largest absolute Gasteiger partial charge is 0.397 e. The molecule has 21 heavy (non-hydrogen) atoms. The van der Waals surface area contributed by atoms with Gasteiger partial charge in [0.15, 0.2) is 0 Å². The van der Waals surface area contributed by atoms with E-state index in [1.165, 1.54) is 0 Å². The predicted molar refractivity (Wildman–Crippen MR) is 80.0 cm³/mol. The summed E-state index contributed by atoms with van der Waals surface area (Å²) in [6.07, 6.45) is 1.22. The Bertz CT molecular complexity index is 659. The molecule has 1 saturated heterocycles. The number of nitrogens with two attached hydrogens (primary N) is 1. The van der Waals surface area contributed by atoms with E-state index in [2.05, 4.69) is 10.3 Å². The van der Waals surface area contributed by atoms with Gasteiger partial charge in [-0.15, -0.1) is 0 Å². The second kappa shape index (κ2) is 5.38. The number of ether oxygens (including phenoxy) is 1.